The second kappa shape index (κ2) is 6.82. The van der Waals surface area contributed by atoms with Gasteiger partial charge in [-0.3, -0.25) is 4.79 Å². The molecule has 0 aliphatic rings. The van der Waals surface area contributed by atoms with Gasteiger partial charge in [0.1, 0.15) is 11.3 Å². The van der Waals surface area contributed by atoms with Crippen LogP contribution in [0.3, 0.4) is 0 Å². The van der Waals surface area contributed by atoms with E-state index in [9.17, 15) is 13.6 Å². The lowest BCUT2D eigenvalue weighted by Gasteiger charge is -2.12. The fraction of sp³-hybridized carbons (Fsp3) is 0.286. The lowest BCUT2D eigenvalue weighted by atomic mass is 10.1. The second-order valence-electron chi connectivity index (χ2n) is 7.45. The standard InChI is InChI=1S/C21H20F2N4O/c1-11(2)8-16-25-19-12(3)6-7-24-21(19)27(16)10-13-9-17(28)26-20-14(13)4-5-15(22)18(20)23/h4-7,9,11H,8,10H2,1-3H3,(H,26,28). The third-order valence-corrected chi connectivity index (χ3v) is 4.83. The zero-order chi connectivity index (χ0) is 20.0. The van der Waals surface area contributed by atoms with Crippen molar-refractivity contribution in [2.75, 3.05) is 0 Å². The quantitative estimate of drug-likeness (QED) is 0.578. The molecule has 0 bridgehead atoms. The highest BCUT2D eigenvalue weighted by Gasteiger charge is 2.17. The Balaban J connectivity index is 1.95. The Kier molecular flexibility index (Phi) is 4.45. The topological polar surface area (TPSA) is 63.6 Å². The summed E-state index contributed by atoms with van der Waals surface area (Å²) in [6.07, 6.45) is 2.46. The number of pyridine rings is 2. The summed E-state index contributed by atoms with van der Waals surface area (Å²) in [5, 5.41) is 0.462. The molecule has 4 aromatic rings. The number of aromatic nitrogens is 4. The highest BCUT2D eigenvalue weighted by molar-refractivity contribution is 5.83. The Morgan fingerprint density at radius 2 is 2.00 bits per heavy atom. The number of hydrogen-bond donors (Lipinski definition) is 1. The van der Waals surface area contributed by atoms with Crippen LogP contribution in [0.25, 0.3) is 22.1 Å². The minimum absolute atomic E-state index is 0.124. The predicted octanol–water partition coefficient (Wildman–Crippen LogP) is 4.11. The fourth-order valence-corrected chi connectivity index (χ4v) is 3.51. The Hall–Kier alpha value is -3.09. The Morgan fingerprint density at radius 1 is 1.21 bits per heavy atom. The van der Waals surface area contributed by atoms with Gasteiger partial charge < -0.3 is 9.55 Å². The number of halogens is 2. The molecule has 3 aromatic heterocycles. The Bertz CT molecular complexity index is 1260. The van der Waals surface area contributed by atoms with Crippen molar-refractivity contribution in [3.05, 3.63) is 69.4 Å². The average Bonchev–Trinajstić information content (AvgIpc) is 2.97. The number of aromatic amines is 1. The SMILES string of the molecule is Cc1ccnc2c1nc(CC(C)C)n2Cc1cc(=O)[nH]c2c(F)c(F)ccc12. The van der Waals surface area contributed by atoms with Crippen LogP contribution in [0.5, 0.6) is 0 Å². The van der Waals surface area contributed by atoms with Gasteiger partial charge in [-0.2, -0.15) is 0 Å². The second-order valence-corrected chi connectivity index (χ2v) is 7.45. The van der Waals surface area contributed by atoms with E-state index in [1.165, 1.54) is 12.1 Å². The van der Waals surface area contributed by atoms with Crippen LogP contribution in [0.15, 0.2) is 35.3 Å². The van der Waals surface area contributed by atoms with Crippen molar-refractivity contribution in [1.82, 2.24) is 19.5 Å². The minimum Gasteiger partial charge on any atom is -0.319 e. The monoisotopic (exact) mass is 382 g/mol. The molecule has 1 N–H and O–H groups in total. The highest BCUT2D eigenvalue weighted by atomic mass is 19.2. The number of fused-ring (bicyclic) bond motifs is 2. The maximum Gasteiger partial charge on any atom is 0.248 e. The summed E-state index contributed by atoms with van der Waals surface area (Å²) in [6.45, 7) is 6.47. The molecule has 4 rings (SSSR count). The molecule has 0 aliphatic carbocycles. The minimum atomic E-state index is -1.05. The lowest BCUT2D eigenvalue weighted by molar-refractivity contribution is 0.515. The number of nitrogens with zero attached hydrogens (tertiary/aromatic N) is 3. The Labute approximate surface area is 160 Å². The molecule has 7 heteroatoms. The molecular weight excluding hydrogens is 362 g/mol. The van der Waals surface area contributed by atoms with Crippen LogP contribution in [0.1, 0.15) is 30.8 Å². The number of imidazole rings is 1. The summed E-state index contributed by atoms with van der Waals surface area (Å²) < 4.78 is 29.8. The van der Waals surface area contributed by atoms with Crippen molar-refractivity contribution >= 4 is 22.1 Å². The van der Waals surface area contributed by atoms with Gasteiger partial charge in [-0.1, -0.05) is 13.8 Å². The summed E-state index contributed by atoms with van der Waals surface area (Å²) >= 11 is 0. The molecule has 0 aliphatic heterocycles. The highest BCUT2D eigenvalue weighted by Crippen LogP contribution is 2.25. The van der Waals surface area contributed by atoms with Crippen molar-refractivity contribution in [3.63, 3.8) is 0 Å². The van der Waals surface area contributed by atoms with Crippen molar-refractivity contribution in [3.8, 4) is 0 Å². The largest absolute Gasteiger partial charge is 0.319 e. The van der Waals surface area contributed by atoms with E-state index in [0.29, 0.717) is 29.1 Å². The summed E-state index contributed by atoms with van der Waals surface area (Å²) in [5.41, 5.74) is 2.52. The first kappa shape index (κ1) is 18.3. The van der Waals surface area contributed by atoms with E-state index in [0.717, 1.165) is 29.4 Å². The normalized spacial score (nSPS) is 11.8. The van der Waals surface area contributed by atoms with Crippen LogP contribution in [0.4, 0.5) is 8.78 Å². The predicted molar refractivity (Wildman–Crippen MR) is 104 cm³/mol. The molecule has 3 heterocycles. The number of hydrogen-bond acceptors (Lipinski definition) is 3. The molecule has 0 unspecified atom stereocenters. The van der Waals surface area contributed by atoms with Crippen molar-refractivity contribution in [2.24, 2.45) is 5.92 Å². The first-order valence-corrected chi connectivity index (χ1v) is 9.15. The van der Waals surface area contributed by atoms with E-state index in [1.807, 2.05) is 17.6 Å². The molecule has 0 atom stereocenters. The summed E-state index contributed by atoms with van der Waals surface area (Å²) in [6, 6.07) is 5.88. The van der Waals surface area contributed by atoms with Gasteiger partial charge in [-0.25, -0.2) is 18.7 Å². The van der Waals surface area contributed by atoms with E-state index >= 15 is 0 Å². The van der Waals surface area contributed by atoms with Gasteiger partial charge in [0.2, 0.25) is 5.56 Å². The van der Waals surface area contributed by atoms with Crippen molar-refractivity contribution in [1.29, 1.82) is 0 Å². The molecule has 0 amide bonds. The van der Waals surface area contributed by atoms with Gasteiger partial charge >= 0.3 is 0 Å². The smallest absolute Gasteiger partial charge is 0.248 e. The first-order valence-electron chi connectivity index (χ1n) is 9.15. The lowest BCUT2D eigenvalue weighted by Crippen LogP contribution is -2.13. The van der Waals surface area contributed by atoms with Crippen molar-refractivity contribution in [2.45, 2.75) is 33.7 Å². The van der Waals surface area contributed by atoms with Gasteiger partial charge in [0.15, 0.2) is 17.3 Å². The molecule has 0 saturated carbocycles. The average molecular weight is 382 g/mol. The number of rotatable bonds is 4. The van der Waals surface area contributed by atoms with E-state index in [1.54, 1.807) is 6.20 Å². The third kappa shape index (κ3) is 3.06. The van der Waals surface area contributed by atoms with Gasteiger partial charge in [0.05, 0.1) is 12.1 Å². The van der Waals surface area contributed by atoms with Crippen LogP contribution in [-0.4, -0.2) is 19.5 Å². The summed E-state index contributed by atoms with van der Waals surface area (Å²) in [5.74, 6) is -0.823. The van der Waals surface area contributed by atoms with Gasteiger partial charge in [-0.05, 0) is 42.2 Å². The van der Waals surface area contributed by atoms with Gasteiger partial charge in [0, 0.05) is 24.1 Å². The van der Waals surface area contributed by atoms with Crippen LogP contribution < -0.4 is 5.56 Å². The van der Waals surface area contributed by atoms with Crippen LogP contribution in [0, 0.1) is 24.5 Å². The van der Waals surface area contributed by atoms with Crippen molar-refractivity contribution < 1.29 is 8.78 Å². The fourth-order valence-electron chi connectivity index (χ4n) is 3.51. The maximum absolute atomic E-state index is 14.2. The molecule has 0 radical (unpaired) electrons. The van der Waals surface area contributed by atoms with Crippen LogP contribution >= 0.6 is 0 Å². The summed E-state index contributed by atoms with van der Waals surface area (Å²) in [4.78, 5) is 23.7. The molecule has 144 valence electrons. The van der Waals surface area contributed by atoms with Gasteiger partial charge in [-0.15, -0.1) is 0 Å². The summed E-state index contributed by atoms with van der Waals surface area (Å²) in [7, 11) is 0. The Morgan fingerprint density at radius 3 is 2.75 bits per heavy atom. The molecular formula is C21H20F2N4O. The number of nitrogens with one attached hydrogen (secondary N) is 1. The molecule has 0 spiro atoms. The number of H-pyrrole nitrogens is 1. The molecule has 0 fully saturated rings. The zero-order valence-corrected chi connectivity index (χ0v) is 15.9. The van der Waals surface area contributed by atoms with Crippen LogP contribution in [-0.2, 0) is 13.0 Å². The maximum atomic E-state index is 14.2. The first-order chi connectivity index (χ1) is 13.3. The molecule has 1 aromatic carbocycles. The van der Waals surface area contributed by atoms with E-state index < -0.39 is 17.2 Å². The van der Waals surface area contributed by atoms with E-state index in [2.05, 4.69) is 23.8 Å². The number of benzene rings is 1. The van der Waals surface area contributed by atoms with E-state index in [-0.39, 0.29) is 5.52 Å². The molecule has 5 nitrogen and oxygen atoms in total. The molecule has 0 saturated heterocycles. The third-order valence-electron chi connectivity index (χ3n) is 4.83. The number of aryl methyl sites for hydroxylation is 1. The molecule has 28 heavy (non-hydrogen) atoms. The van der Waals surface area contributed by atoms with E-state index in [4.69, 9.17) is 4.98 Å². The van der Waals surface area contributed by atoms with Gasteiger partial charge in [0.25, 0.3) is 0 Å². The zero-order valence-electron chi connectivity index (χ0n) is 15.9. The van der Waals surface area contributed by atoms with Crippen LogP contribution in [0.2, 0.25) is 0 Å².